The molecule has 0 bridgehead atoms. The Balaban J connectivity index is 1.73. The molecule has 3 aromatic carbocycles. The van der Waals surface area contributed by atoms with Crippen molar-refractivity contribution in [2.24, 2.45) is 5.92 Å². The van der Waals surface area contributed by atoms with E-state index in [1.807, 2.05) is 24.3 Å². The lowest BCUT2D eigenvalue weighted by Crippen LogP contribution is -2.38. The summed E-state index contributed by atoms with van der Waals surface area (Å²) in [4.78, 5) is 0. The largest absolute Gasteiger partial charge is 0.192 e. The van der Waals surface area contributed by atoms with Crippen molar-refractivity contribution in [3.63, 3.8) is 0 Å². The lowest BCUT2D eigenvalue weighted by Gasteiger charge is -2.51. The van der Waals surface area contributed by atoms with Gasteiger partial charge in [-0.3, -0.25) is 0 Å². The zero-order valence-electron chi connectivity index (χ0n) is 23.3. The first-order valence-corrected chi connectivity index (χ1v) is 16.5. The second-order valence-corrected chi connectivity index (χ2v) is 18.2. The molecule has 1 aliphatic rings. The summed E-state index contributed by atoms with van der Waals surface area (Å²) in [6, 6.07) is 32.1. The van der Waals surface area contributed by atoms with Crippen molar-refractivity contribution in [1.29, 1.82) is 5.26 Å². The number of alkyl halides is 1. The van der Waals surface area contributed by atoms with Crippen LogP contribution in [-0.2, 0) is 0 Å². The maximum atomic E-state index is 9.26. The summed E-state index contributed by atoms with van der Waals surface area (Å²) in [6.45, 7) is 14.3. The first-order valence-electron chi connectivity index (χ1n) is 13.3. The highest BCUT2D eigenvalue weighted by Crippen LogP contribution is 2.70. The van der Waals surface area contributed by atoms with Gasteiger partial charge in [0.05, 0.1) is 17.0 Å². The van der Waals surface area contributed by atoms with Crippen molar-refractivity contribution in [3.05, 3.63) is 120 Å². The molecule has 0 aliphatic heterocycles. The number of benzene rings is 3. The summed E-state index contributed by atoms with van der Waals surface area (Å²) < 4.78 is 0. The van der Waals surface area contributed by atoms with Crippen molar-refractivity contribution in [2.45, 2.75) is 62.9 Å². The van der Waals surface area contributed by atoms with E-state index in [-0.39, 0.29) is 15.7 Å². The normalized spacial score (nSPS) is 18.1. The summed E-state index contributed by atoms with van der Waals surface area (Å²) in [5.41, 5.74) is 2.19. The van der Waals surface area contributed by atoms with Crippen LogP contribution in [0, 0.1) is 17.2 Å². The Labute approximate surface area is 237 Å². The lowest BCUT2D eigenvalue weighted by molar-refractivity contribution is 0.608. The van der Waals surface area contributed by atoms with E-state index in [1.165, 1.54) is 15.9 Å². The number of halogens is 1. The third-order valence-electron chi connectivity index (χ3n) is 7.44. The molecule has 0 heterocycles. The average Bonchev–Trinajstić information content (AvgIpc) is 3.38. The number of nitrogens with zero attached hydrogens (tertiary/aromatic N) is 1. The highest BCUT2D eigenvalue weighted by Gasteiger charge is 2.48. The molecule has 38 heavy (non-hydrogen) atoms. The van der Waals surface area contributed by atoms with Crippen LogP contribution < -0.4 is 10.6 Å². The Hall–Kier alpha value is -2.22. The van der Waals surface area contributed by atoms with E-state index >= 15 is 0 Å². The van der Waals surface area contributed by atoms with Gasteiger partial charge in [0.25, 0.3) is 0 Å². The number of rotatable bonds is 8. The molecule has 0 fully saturated rings. The number of nitriles is 1. The summed E-state index contributed by atoms with van der Waals surface area (Å²) in [5, 5.41) is 13.4. The molecule has 0 radical (unpaired) electrons. The zero-order chi connectivity index (χ0) is 27.5. The van der Waals surface area contributed by atoms with Crippen LogP contribution in [0.3, 0.4) is 0 Å². The molecule has 4 rings (SSSR count). The monoisotopic (exact) mass is 557 g/mol. The van der Waals surface area contributed by atoms with Gasteiger partial charge in [-0.2, -0.15) is 5.26 Å². The minimum Gasteiger partial charge on any atom is -0.192 e. The Morgan fingerprint density at radius 1 is 0.816 bits per heavy atom. The maximum absolute atomic E-state index is 9.26. The molecule has 4 heteroatoms. The Kier molecular flexibility index (Phi) is 9.00. The van der Waals surface area contributed by atoms with E-state index in [1.54, 1.807) is 0 Å². The predicted molar refractivity (Wildman–Crippen MR) is 170 cm³/mol. The average molecular weight is 558 g/mol. The van der Waals surface area contributed by atoms with Gasteiger partial charge in [-0.25, -0.2) is 0 Å². The Morgan fingerprint density at radius 2 is 1.34 bits per heavy atom. The number of hydrogen-bond acceptors (Lipinski definition) is 1. The van der Waals surface area contributed by atoms with Gasteiger partial charge in [0, 0.05) is 11.1 Å². The van der Waals surface area contributed by atoms with E-state index in [0.717, 1.165) is 5.56 Å². The molecule has 3 aromatic rings. The van der Waals surface area contributed by atoms with Crippen LogP contribution in [0.2, 0.25) is 0 Å². The van der Waals surface area contributed by atoms with Crippen LogP contribution in [0.25, 0.3) is 0 Å². The molecule has 0 saturated carbocycles. The van der Waals surface area contributed by atoms with E-state index in [9.17, 15) is 5.26 Å². The van der Waals surface area contributed by atoms with Gasteiger partial charge in [-0.05, 0) is 52.4 Å². The second-order valence-electron chi connectivity index (χ2n) is 11.5. The van der Waals surface area contributed by atoms with Gasteiger partial charge in [0.1, 0.15) is 0 Å². The third kappa shape index (κ3) is 6.00. The molecule has 4 atom stereocenters. The first kappa shape index (κ1) is 28.8. The minimum absolute atomic E-state index is 0.0990. The lowest BCUT2D eigenvalue weighted by atomic mass is 10.00. The van der Waals surface area contributed by atoms with Crippen LogP contribution in [0.1, 0.15) is 58.0 Å². The van der Waals surface area contributed by atoms with Crippen LogP contribution in [-0.4, -0.2) is 16.0 Å². The van der Waals surface area contributed by atoms with Gasteiger partial charge in [0.15, 0.2) is 0 Å². The van der Waals surface area contributed by atoms with Crippen molar-refractivity contribution < 1.29 is 0 Å². The molecule has 1 aliphatic carbocycles. The SMILES string of the molecule is CC(C1C=CC=C1P(c1ccccc1)c1ccccc1)[P@](C(C)(C)C)C(C)(C)C(Cl)c1ccc(C#N)cc1. The fraction of sp³-hybridized carbons (Fsp3) is 0.324. The molecule has 1 nitrogen and oxygen atoms in total. The van der Waals surface area contributed by atoms with E-state index in [0.29, 0.717) is 17.1 Å². The Morgan fingerprint density at radius 3 is 1.82 bits per heavy atom. The van der Waals surface area contributed by atoms with Gasteiger partial charge >= 0.3 is 0 Å². The fourth-order valence-corrected chi connectivity index (χ4v) is 14.4. The highest BCUT2D eigenvalue weighted by molar-refractivity contribution is 7.76. The first-order chi connectivity index (χ1) is 18.1. The number of allylic oxidation sites excluding steroid dienone is 4. The van der Waals surface area contributed by atoms with Gasteiger partial charge < -0.3 is 0 Å². The molecular weight excluding hydrogens is 520 g/mol. The Bertz CT molecular complexity index is 1280. The van der Waals surface area contributed by atoms with Crippen molar-refractivity contribution >= 4 is 38.1 Å². The molecule has 0 spiro atoms. The van der Waals surface area contributed by atoms with Gasteiger partial charge in [-0.15, -0.1) is 11.6 Å². The standard InChI is InChI=1S/C34H38ClNP2/c1-25(38(33(2,3)4)34(5,6)32(35)27-22-20-26(24-36)21-23-27)30-18-13-19-31(30)37(28-14-9-7-10-15-28)29-16-11-8-12-17-29/h7-23,25,30,32H,1-6H3/t25?,30?,32?,38-/m1/s1. The summed E-state index contributed by atoms with van der Waals surface area (Å²) in [7, 11) is -1.20. The molecule has 0 saturated heterocycles. The summed E-state index contributed by atoms with van der Waals surface area (Å²) >= 11 is 7.34. The van der Waals surface area contributed by atoms with Crippen molar-refractivity contribution in [3.8, 4) is 6.07 Å². The maximum Gasteiger partial charge on any atom is 0.0991 e. The summed E-state index contributed by atoms with van der Waals surface area (Å²) in [5.74, 6) is 0.357. The minimum atomic E-state index is -0.640. The molecular formula is C34H38ClNP2. The fourth-order valence-electron chi connectivity index (χ4n) is 6.13. The van der Waals surface area contributed by atoms with Crippen LogP contribution in [0.4, 0.5) is 0 Å². The van der Waals surface area contributed by atoms with E-state index in [2.05, 4.69) is 127 Å². The van der Waals surface area contributed by atoms with Crippen LogP contribution >= 0.6 is 27.4 Å². The van der Waals surface area contributed by atoms with Crippen molar-refractivity contribution in [1.82, 2.24) is 0 Å². The molecule has 3 unspecified atom stereocenters. The zero-order valence-corrected chi connectivity index (χ0v) is 25.8. The summed E-state index contributed by atoms with van der Waals surface area (Å²) in [6.07, 6.45) is 7.10. The van der Waals surface area contributed by atoms with Gasteiger partial charge in [0.2, 0.25) is 0 Å². The highest BCUT2D eigenvalue weighted by atomic mass is 35.5. The van der Waals surface area contributed by atoms with Crippen LogP contribution in [0.5, 0.6) is 0 Å². The van der Waals surface area contributed by atoms with E-state index in [4.69, 9.17) is 11.6 Å². The molecule has 0 amide bonds. The molecule has 196 valence electrons. The van der Waals surface area contributed by atoms with Crippen LogP contribution in [0.15, 0.2) is 108 Å². The number of hydrogen-bond donors (Lipinski definition) is 0. The predicted octanol–water partition coefficient (Wildman–Crippen LogP) is 9.49. The van der Waals surface area contributed by atoms with Gasteiger partial charge in [-0.1, -0.05) is 140 Å². The quantitative estimate of drug-likeness (QED) is 0.200. The third-order valence-corrected chi connectivity index (χ3v) is 15.1. The van der Waals surface area contributed by atoms with E-state index < -0.39 is 15.8 Å². The second kappa shape index (κ2) is 11.9. The molecule has 0 N–H and O–H groups in total. The smallest absolute Gasteiger partial charge is 0.0991 e. The molecule has 0 aromatic heterocycles. The van der Waals surface area contributed by atoms with Crippen molar-refractivity contribution in [2.75, 3.05) is 0 Å². The topological polar surface area (TPSA) is 23.8 Å².